The lowest BCUT2D eigenvalue weighted by Gasteiger charge is -2.36. The van der Waals surface area contributed by atoms with Crippen molar-refractivity contribution in [1.29, 1.82) is 0 Å². The van der Waals surface area contributed by atoms with Gasteiger partial charge in [0.15, 0.2) is 0 Å². The van der Waals surface area contributed by atoms with Crippen molar-refractivity contribution >= 4 is 41.1 Å². The standard InChI is InChI=1S/C46H48N6O6/c53-43(24-27-47-36-22-23-36)49-37-17-11-16-35(32-37)44(54)48-28-31-50-29-25-38(26-30-50)58-46(57)52(42-21-10-8-19-40(42)34-14-5-2-6-15-34)51(45(55)56)41-20-9-7-18-39(41)33-12-3-1-4-13-33/h1-21,32,36,38,47H,22-31H2,(H,48,54)(H,49,53)(H,55,56). The minimum atomic E-state index is -1.35. The molecule has 12 heteroatoms. The average molecular weight is 781 g/mol. The van der Waals surface area contributed by atoms with Crippen molar-refractivity contribution in [3.05, 3.63) is 139 Å². The van der Waals surface area contributed by atoms with Crippen molar-refractivity contribution in [3.63, 3.8) is 0 Å². The number of nitrogens with zero attached hydrogens (tertiary/aromatic N) is 3. The van der Waals surface area contributed by atoms with Gasteiger partial charge in [-0.15, -0.1) is 0 Å². The minimum absolute atomic E-state index is 0.0999. The van der Waals surface area contributed by atoms with Crippen molar-refractivity contribution < 1.29 is 29.0 Å². The van der Waals surface area contributed by atoms with Crippen molar-refractivity contribution in [2.45, 2.75) is 44.2 Å². The number of likely N-dealkylation sites (tertiary alicyclic amines) is 1. The molecule has 298 valence electrons. The molecule has 1 saturated carbocycles. The van der Waals surface area contributed by atoms with Crippen LogP contribution < -0.4 is 26.0 Å². The van der Waals surface area contributed by atoms with Crippen molar-refractivity contribution in [2.24, 2.45) is 0 Å². The number of para-hydroxylation sites is 2. The molecule has 4 N–H and O–H groups in total. The van der Waals surface area contributed by atoms with E-state index in [9.17, 15) is 24.3 Å². The van der Waals surface area contributed by atoms with Gasteiger partial charge in [0, 0.05) is 67.6 Å². The molecule has 0 unspecified atom stereocenters. The molecule has 58 heavy (non-hydrogen) atoms. The van der Waals surface area contributed by atoms with E-state index in [1.54, 1.807) is 48.5 Å². The number of hydrazine groups is 1. The maximum atomic E-state index is 14.5. The number of ether oxygens (including phenoxy) is 1. The normalized spacial score (nSPS) is 14.3. The predicted octanol–water partition coefficient (Wildman–Crippen LogP) is 8.04. The van der Waals surface area contributed by atoms with Gasteiger partial charge in [0.1, 0.15) is 6.10 Å². The molecule has 7 rings (SSSR count). The molecule has 0 bridgehead atoms. The number of rotatable bonds is 14. The second-order valence-corrected chi connectivity index (χ2v) is 14.5. The van der Waals surface area contributed by atoms with Crippen molar-refractivity contribution in [2.75, 3.05) is 48.1 Å². The summed E-state index contributed by atoms with van der Waals surface area (Å²) in [5, 5.41) is 22.2. The minimum Gasteiger partial charge on any atom is -0.463 e. The van der Waals surface area contributed by atoms with Crippen LogP contribution in [0.2, 0.25) is 0 Å². The third-order valence-electron chi connectivity index (χ3n) is 10.3. The lowest BCUT2D eigenvalue weighted by atomic mass is 10.0. The van der Waals surface area contributed by atoms with Gasteiger partial charge >= 0.3 is 12.2 Å². The van der Waals surface area contributed by atoms with E-state index in [1.807, 2.05) is 84.9 Å². The van der Waals surface area contributed by atoms with Crippen molar-refractivity contribution in [1.82, 2.24) is 15.5 Å². The second-order valence-electron chi connectivity index (χ2n) is 14.5. The summed E-state index contributed by atoms with van der Waals surface area (Å²) in [4.78, 5) is 55.4. The van der Waals surface area contributed by atoms with Crippen LogP contribution in [0.5, 0.6) is 0 Å². The van der Waals surface area contributed by atoms with Gasteiger partial charge in [-0.05, 0) is 67.1 Å². The van der Waals surface area contributed by atoms with Gasteiger partial charge in [0.05, 0.1) is 11.4 Å². The van der Waals surface area contributed by atoms with E-state index in [0.717, 1.165) is 21.1 Å². The van der Waals surface area contributed by atoms with E-state index in [-0.39, 0.29) is 11.8 Å². The van der Waals surface area contributed by atoms with Crippen LogP contribution in [-0.4, -0.2) is 78.9 Å². The number of amides is 4. The summed E-state index contributed by atoms with van der Waals surface area (Å²) in [5.41, 5.74) is 4.58. The highest BCUT2D eigenvalue weighted by Crippen LogP contribution is 2.38. The van der Waals surface area contributed by atoms with Gasteiger partial charge < -0.3 is 30.7 Å². The van der Waals surface area contributed by atoms with Crippen LogP contribution >= 0.6 is 0 Å². The monoisotopic (exact) mass is 780 g/mol. The van der Waals surface area contributed by atoms with E-state index in [0.29, 0.717) is 91.8 Å². The number of benzene rings is 5. The summed E-state index contributed by atoms with van der Waals surface area (Å²) in [6.45, 7) is 2.86. The van der Waals surface area contributed by atoms with Crippen LogP contribution in [-0.2, 0) is 9.53 Å². The predicted molar refractivity (Wildman–Crippen MR) is 226 cm³/mol. The van der Waals surface area contributed by atoms with Crippen LogP contribution in [0, 0.1) is 0 Å². The largest absolute Gasteiger partial charge is 0.463 e. The Bertz CT molecular complexity index is 2190. The Kier molecular flexibility index (Phi) is 13.1. The number of carbonyl (C=O) groups excluding carboxylic acids is 3. The molecule has 2 aliphatic rings. The molecule has 5 aromatic rings. The van der Waals surface area contributed by atoms with Crippen LogP contribution in [0.3, 0.4) is 0 Å². The first-order chi connectivity index (χ1) is 28.3. The zero-order chi connectivity index (χ0) is 40.3. The number of hydrogen-bond acceptors (Lipinski definition) is 7. The molecule has 0 aromatic heterocycles. The Labute approximate surface area is 338 Å². The lowest BCUT2D eigenvalue weighted by molar-refractivity contribution is -0.116. The molecule has 1 heterocycles. The van der Waals surface area contributed by atoms with E-state index >= 15 is 0 Å². The van der Waals surface area contributed by atoms with Gasteiger partial charge in [-0.2, -0.15) is 10.0 Å². The summed E-state index contributed by atoms with van der Waals surface area (Å²) in [5.74, 6) is -0.333. The fraction of sp³-hybridized carbons (Fsp3) is 0.261. The fourth-order valence-corrected chi connectivity index (χ4v) is 7.14. The lowest BCUT2D eigenvalue weighted by Crippen LogP contribution is -2.52. The molecule has 2 fully saturated rings. The van der Waals surface area contributed by atoms with Gasteiger partial charge in [0.2, 0.25) is 5.91 Å². The number of carboxylic acid groups (broad SMARTS) is 1. The summed E-state index contributed by atoms with van der Waals surface area (Å²) < 4.78 is 6.17. The molecule has 4 amide bonds. The molecule has 0 spiro atoms. The smallest absolute Gasteiger partial charge is 0.434 e. The summed E-state index contributed by atoms with van der Waals surface area (Å²) in [6.07, 6.45) is 1.12. The first-order valence-electron chi connectivity index (χ1n) is 19.8. The Morgan fingerprint density at radius 1 is 0.672 bits per heavy atom. The zero-order valence-corrected chi connectivity index (χ0v) is 32.3. The zero-order valence-electron chi connectivity index (χ0n) is 32.3. The third-order valence-corrected chi connectivity index (χ3v) is 10.3. The van der Waals surface area contributed by atoms with Gasteiger partial charge in [0.25, 0.3) is 5.91 Å². The Hall–Kier alpha value is -6.50. The van der Waals surface area contributed by atoms with Crippen LogP contribution in [0.1, 0.15) is 42.5 Å². The molecule has 12 nitrogen and oxygen atoms in total. The highest BCUT2D eigenvalue weighted by atomic mass is 16.6. The SMILES string of the molecule is O=C(CCNC1CC1)Nc1cccc(C(=O)NCCN2CCC(OC(=O)N(c3ccccc3-c3ccccc3)N(C(=O)O)c3ccccc3-c3ccccc3)CC2)c1. The second kappa shape index (κ2) is 19.1. The van der Waals surface area contributed by atoms with Gasteiger partial charge in [-0.25, -0.2) is 9.59 Å². The van der Waals surface area contributed by atoms with E-state index in [2.05, 4.69) is 20.9 Å². The molecule has 0 atom stereocenters. The molecule has 0 radical (unpaired) electrons. The highest BCUT2D eigenvalue weighted by molar-refractivity contribution is 6.06. The van der Waals surface area contributed by atoms with E-state index in [1.165, 1.54) is 12.8 Å². The number of carbonyl (C=O) groups is 4. The van der Waals surface area contributed by atoms with Gasteiger partial charge in [-0.1, -0.05) is 103 Å². The first-order valence-corrected chi connectivity index (χ1v) is 19.8. The maximum Gasteiger partial charge on any atom is 0.434 e. The van der Waals surface area contributed by atoms with Crippen LogP contribution in [0.4, 0.5) is 26.7 Å². The molecule has 1 saturated heterocycles. The number of nitrogens with one attached hydrogen (secondary N) is 3. The average Bonchev–Trinajstić information content (AvgIpc) is 4.08. The molecule has 5 aromatic carbocycles. The molecular weight excluding hydrogens is 733 g/mol. The topological polar surface area (TPSA) is 144 Å². The highest BCUT2D eigenvalue weighted by Gasteiger charge is 2.36. The molecular formula is C46H48N6O6. The number of anilines is 3. The summed E-state index contributed by atoms with van der Waals surface area (Å²) >= 11 is 0. The summed E-state index contributed by atoms with van der Waals surface area (Å²) in [6, 6.07) is 40.7. The van der Waals surface area contributed by atoms with E-state index in [4.69, 9.17) is 4.74 Å². The fourth-order valence-electron chi connectivity index (χ4n) is 7.14. The Morgan fingerprint density at radius 2 is 1.26 bits per heavy atom. The third kappa shape index (κ3) is 10.3. The van der Waals surface area contributed by atoms with Gasteiger partial charge in [-0.3, -0.25) is 9.59 Å². The summed E-state index contributed by atoms with van der Waals surface area (Å²) in [7, 11) is 0. The van der Waals surface area contributed by atoms with E-state index < -0.39 is 18.3 Å². The molecule has 1 aliphatic carbocycles. The first kappa shape index (κ1) is 39.7. The Morgan fingerprint density at radius 3 is 1.86 bits per heavy atom. The maximum absolute atomic E-state index is 14.5. The Balaban J connectivity index is 1.00. The van der Waals surface area contributed by atoms with Crippen LogP contribution in [0.15, 0.2) is 133 Å². The number of hydrogen-bond donors (Lipinski definition) is 4. The van der Waals surface area contributed by atoms with Crippen LogP contribution in [0.25, 0.3) is 22.3 Å². The van der Waals surface area contributed by atoms with Crippen molar-refractivity contribution in [3.8, 4) is 22.3 Å². The molecule has 1 aliphatic heterocycles. The number of piperidine rings is 1. The quantitative estimate of drug-likeness (QED) is 0.0830.